The predicted octanol–water partition coefficient (Wildman–Crippen LogP) is 4.01. The summed E-state index contributed by atoms with van der Waals surface area (Å²) < 4.78 is 11.2. The fraction of sp³-hybridized carbons (Fsp3) is 0.667. The van der Waals surface area contributed by atoms with Gasteiger partial charge in [0.2, 0.25) is 0 Å². The number of benzene rings is 1. The lowest BCUT2D eigenvalue weighted by molar-refractivity contribution is 0.247. The largest absolute Gasteiger partial charge is 0.493 e. The Balaban J connectivity index is 1.91. The van der Waals surface area contributed by atoms with Crippen LogP contribution in [0.2, 0.25) is 0 Å². The van der Waals surface area contributed by atoms with E-state index in [1.165, 1.54) is 31.2 Å². The molecule has 0 bridgehead atoms. The van der Waals surface area contributed by atoms with E-state index in [1.807, 2.05) is 19.1 Å². The molecule has 1 aromatic carbocycles. The third kappa shape index (κ3) is 4.37. The van der Waals surface area contributed by atoms with Crippen molar-refractivity contribution in [1.82, 2.24) is 5.32 Å². The molecule has 1 fully saturated rings. The van der Waals surface area contributed by atoms with Crippen molar-refractivity contribution in [2.45, 2.75) is 46.1 Å². The summed E-state index contributed by atoms with van der Waals surface area (Å²) in [5.74, 6) is 3.37. The molecule has 1 aromatic rings. The van der Waals surface area contributed by atoms with Gasteiger partial charge in [-0.25, -0.2) is 0 Å². The van der Waals surface area contributed by atoms with Gasteiger partial charge in [0.05, 0.1) is 13.7 Å². The van der Waals surface area contributed by atoms with E-state index in [0.717, 1.165) is 36.4 Å². The highest BCUT2D eigenvalue weighted by molar-refractivity contribution is 5.46. The van der Waals surface area contributed by atoms with E-state index in [0.29, 0.717) is 6.61 Å². The Morgan fingerprint density at radius 3 is 2.76 bits per heavy atom. The van der Waals surface area contributed by atoms with Gasteiger partial charge < -0.3 is 14.8 Å². The lowest BCUT2D eigenvalue weighted by atomic mass is 9.80. The van der Waals surface area contributed by atoms with Gasteiger partial charge in [0, 0.05) is 12.1 Å². The maximum Gasteiger partial charge on any atom is 0.165 e. The van der Waals surface area contributed by atoms with Crippen LogP contribution in [0.4, 0.5) is 0 Å². The maximum absolute atomic E-state index is 5.63. The maximum atomic E-state index is 5.63. The molecule has 2 unspecified atom stereocenters. The first kappa shape index (κ1) is 16.2. The Kier molecular flexibility index (Phi) is 6.37. The zero-order chi connectivity index (χ0) is 15.1. The van der Waals surface area contributed by atoms with E-state index in [-0.39, 0.29) is 0 Å². The van der Waals surface area contributed by atoms with Crippen LogP contribution in [0.15, 0.2) is 18.2 Å². The number of para-hydroxylation sites is 1. The summed E-state index contributed by atoms with van der Waals surface area (Å²) in [6.07, 6.45) is 5.54. The van der Waals surface area contributed by atoms with Crippen molar-refractivity contribution in [3.8, 4) is 11.5 Å². The van der Waals surface area contributed by atoms with Gasteiger partial charge in [0.1, 0.15) is 0 Å². The van der Waals surface area contributed by atoms with E-state index in [1.54, 1.807) is 7.11 Å². The van der Waals surface area contributed by atoms with Gasteiger partial charge in [-0.05, 0) is 37.8 Å². The average molecular weight is 291 g/mol. The number of hydrogen-bond acceptors (Lipinski definition) is 3. The third-order valence-electron chi connectivity index (χ3n) is 4.58. The van der Waals surface area contributed by atoms with Crippen LogP contribution < -0.4 is 14.8 Å². The van der Waals surface area contributed by atoms with Crippen molar-refractivity contribution >= 4 is 0 Å². The first-order valence-corrected chi connectivity index (χ1v) is 8.25. The molecular formula is C18H29NO2. The molecule has 0 amide bonds. The summed E-state index contributed by atoms with van der Waals surface area (Å²) in [7, 11) is 1.71. The summed E-state index contributed by atoms with van der Waals surface area (Å²) >= 11 is 0. The number of hydrogen-bond donors (Lipinski definition) is 1. The summed E-state index contributed by atoms with van der Waals surface area (Å²) in [5, 5.41) is 3.61. The second kappa shape index (κ2) is 8.28. The zero-order valence-corrected chi connectivity index (χ0v) is 13.7. The molecule has 2 atom stereocenters. The minimum Gasteiger partial charge on any atom is -0.493 e. The molecule has 21 heavy (non-hydrogen) atoms. The molecule has 1 N–H and O–H groups in total. The molecule has 0 radical (unpaired) electrons. The zero-order valence-electron chi connectivity index (χ0n) is 13.7. The monoisotopic (exact) mass is 291 g/mol. The van der Waals surface area contributed by atoms with E-state index in [4.69, 9.17) is 9.47 Å². The number of methoxy groups -OCH3 is 1. The molecule has 2 rings (SSSR count). The Morgan fingerprint density at radius 1 is 1.24 bits per heavy atom. The van der Waals surface area contributed by atoms with Gasteiger partial charge in [-0.2, -0.15) is 0 Å². The first-order chi connectivity index (χ1) is 10.3. The van der Waals surface area contributed by atoms with Gasteiger partial charge in [-0.15, -0.1) is 0 Å². The van der Waals surface area contributed by atoms with Gasteiger partial charge in [0.25, 0.3) is 0 Å². The number of nitrogens with one attached hydrogen (secondary N) is 1. The molecule has 3 nitrogen and oxygen atoms in total. The smallest absolute Gasteiger partial charge is 0.165 e. The molecule has 0 spiro atoms. The van der Waals surface area contributed by atoms with E-state index in [2.05, 4.69) is 18.3 Å². The van der Waals surface area contributed by atoms with Crippen LogP contribution in [0.25, 0.3) is 0 Å². The predicted molar refractivity (Wildman–Crippen MR) is 87.0 cm³/mol. The Labute approximate surface area is 129 Å². The molecule has 3 heteroatoms. The lowest BCUT2D eigenvalue weighted by Crippen LogP contribution is -2.29. The topological polar surface area (TPSA) is 30.5 Å². The molecular weight excluding hydrogens is 262 g/mol. The van der Waals surface area contributed by atoms with E-state index >= 15 is 0 Å². The fourth-order valence-corrected chi connectivity index (χ4v) is 3.29. The van der Waals surface area contributed by atoms with Crippen molar-refractivity contribution < 1.29 is 9.47 Å². The highest BCUT2D eigenvalue weighted by Gasteiger charge is 2.20. The summed E-state index contributed by atoms with van der Waals surface area (Å²) in [6.45, 7) is 6.99. The van der Waals surface area contributed by atoms with Crippen molar-refractivity contribution in [3.05, 3.63) is 23.8 Å². The number of rotatable bonds is 7. The van der Waals surface area contributed by atoms with Crippen LogP contribution in [-0.4, -0.2) is 20.3 Å². The third-order valence-corrected chi connectivity index (χ3v) is 4.58. The highest BCUT2D eigenvalue weighted by Crippen LogP contribution is 2.32. The van der Waals surface area contributed by atoms with Gasteiger partial charge in [0.15, 0.2) is 11.5 Å². The number of ether oxygens (including phenoxy) is 2. The van der Waals surface area contributed by atoms with Crippen LogP contribution >= 0.6 is 0 Å². The molecule has 0 aromatic heterocycles. The van der Waals surface area contributed by atoms with Crippen molar-refractivity contribution in [3.63, 3.8) is 0 Å². The highest BCUT2D eigenvalue weighted by atomic mass is 16.5. The quantitative estimate of drug-likeness (QED) is 0.823. The summed E-state index contributed by atoms with van der Waals surface area (Å²) in [4.78, 5) is 0. The van der Waals surface area contributed by atoms with Crippen LogP contribution in [-0.2, 0) is 6.54 Å². The molecule has 0 heterocycles. The second-order valence-corrected chi connectivity index (χ2v) is 6.03. The molecule has 1 aliphatic rings. The van der Waals surface area contributed by atoms with Gasteiger partial charge in [-0.3, -0.25) is 0 Å². The Hall–Kier alpha value is -1.22. The van der Waals surface area contributed by atoms with E-state index in [9.17, 15) is 0 Å². The molecule has 1 aliphatic carbocycles. The molecule has 118 valence electrons. The van der Waals surface area contributed by atoms with Crippen molar-refractivity contribution in [1.29, 1.82) is 0 Å². The molecule has 0 saturated heterocycles. The normalized spacial score (nSPS) is 22.0. The van der Waals surface area contributed by atoms with Crippen LogP contribution in [0.3, 0.4) is 0 Å². The van der Waals surface area contributed by atoms with Crippen LogP contribution in [0.5, 0.6) is 11.5 Å². The minimum atomic E-state index is 0.660. The minimum absolute atomic E-state index is 0.660. The van der Waals surface area contributed by atoms with E-state index < -0.39 is 0 Å². The van der Waals surface area contributed by atoms with Gasteiger partial charge in [-0.1, -0.05) is 38.3 Å². The second-order valence-electron chi connectivity index (χ2n) is 6.03. The van der Waals surface area contributed by atoms with Crippen molar-refractivity contribution in [2.75, 3.05) is 20.3 Å². The molecule has 0 aliphatic heterocycles. The Morgan fingerprint density at radius 2 is 2.05 bits per heavy atom. The SMILES string of the molecule is CCOc1cccc(CNCC2CCCCC2C)c1OC. The molecule has 1 saturated carbocycles. The van der Waals surface area contributed by atoms with Crippen LogP contribution in [0, 0.1) is 11.8 Å². The van der Waals surface area contributed by atoms with Crippen LogP contribution in [0.1, 0.15) is 45.1 Å². The Bertz CT molecular complexity index is 433. The summed E-state index contributed by atoms with van der Waals surface area (Å²) in [6, 6.07) is 6.11. The summed E-state index contributed by atoms with van der Waals surface area (Å²) in [5.41, 5.74) is 1.17. The average Bonchev–Trinajstić information content (AvgIpc) is 2.50. The lowest BCUT2D eigenvalue weighted by Gasteiger charge is -2.29. The van der Waals surface area contributed by atoms with Gasteiger partial charge >= 0.3 is 0 Å². The first-order valence-electron chi connectivity index (χ1n) is 8.25. The standard InChI is InChI=1S/C18H29NO2/c1-4-21-17-11-7-10-16(18(17)20-3)13-19-12-15-9-6-5-8-14(15)2/h7,10-11,14-15,19H,4-6,8-9,12-13H2,1-3H3. The van der Waals surface area contributed by atoms with Crippen molar-refractivity contribution in [2.24, 2.45) is 11.8 Å². The fourth-order valence-electron chi connectivity index (χ4n) is 3.29.